The van der Waals surface area contributed by atoms with E-state index in [0.717, 1.165) is 0 Å². The van der Waals surface area contributed by atoms with E-state index in [1.165, 1.54) is 17.3 Å². The van der Waals surface area contributed by atoms with Crippen molar-refractivity contribution in [1.29, 1.82) is 0 Å². The van der Waals surface area contributed by atoms with Gasteiger partial charge in [0.05, 0.1) is 0 Å². The fourth-order valence-electron chi connectivity index (χ4n) is 0.829. The van der Waals surface area contributed by atoms with Crippen LogP contribution in [0.25, 0.3) is 0 Å². The summed E-state index contributed by atoms with van der Waals surface area (Å²) in [6, 6.07) is 0. The molecular formula is C10H14O2S. The lowest BCUT2D eigenvalue weighted by molar-refractivity contribution is -0.107. The van der Waals surface area contributed by atoms with Crippen LogP contribution < -0.4 is 0 Å². The number of thioether (sulfide) groups is 1. The fourth-order valence-corrected chi connectivity index (χ4v) is 1.34. The first kappa shape index (κ1) is 10.4. The fraction of sp³-hybridized carbons (Fsp3) is 0.500. The van der Waals surface area contributed by atoms with Crippen molar-refractivity contribution in [3.8, 4) is 0 Å². The Hall–Kier alpha value is -0.700. The molecule has 1 rings (SSSR count). The summed E-state index contributed by atoms with van der Waals surface area (Å²) in [6.45, 7) is 6.28. The SMILES string of the molecule is CC(=CC1=CC(=O)SCO1)C(C)C. The van der Waals surface area contributed by atoms with Crippen molar-refractivity contribution >= 4 is 16.9 Å². The maximum absolute atomic E-state index is 11.0. The highest BCUT2D eigenvalue weighted by Gasteiger charge is 2.09. The van der Waals surface area contributed by atoms with Crippen molar-refractivity contribution in [1.82, 2.24) is 0 Å². The lowest BCUT2D eigenvalue weighted by atomic mass is 10.0. The van der Waals surface area contributed by atoms with Crippen molar-refractivity contribution in [2.24, 2.45) is 5.92 Å². The summed E-state index contributed by atoms with van der Waals surface area (Å²) in [7, 11) is 0. The Morgan fingerprint density at radius 2 is 2.38 bits per heavy atom. The molecule has 0 atom stereocenters. The summed E-state index contributed by atoms with van der Waals surface area (Å²) in [5, 5.41) is 0.0778. The van der Waals surface area contributed by atoms with Crippen molar-refractivity contribution in [3.05, 3.63) is 23.5 Å². The average Bonchev–Trinajstić information content (AvgIpc) is 2.04. The monoisotopic (exact) mass is 198 g/mol. The molecule has 0 saturated carbocycles. The number of ether oxygens (including phenoxy) is 1. The summed E-state index contributed by atoms with van der Waals surface area (Å²) in [5.74, 6) is 1.62. The summed E-state index contributed by atoms with van der Waals surface area (Å²) in [6.07, 6.45) is 3.47. The Bertz CT molecular complexity index is 264. The van der Waals surface area contributed by atoms with E-state index in [1.54, 1.807) is 6.08 Å². The molecule has 2 nitrogen and oxygen atoms in total. The smallest absolute Gasteiger partial charge is 0.219 e. The van der Waals surface area contributed by atoms with Gasteiger partial charge in [0.2, 0.25) is 5.12 Å². The minimum atomic E-state index is 0.0778. The number of hydrogen-bond donors (Lipinski definition) is 0. The zero-order chi connectivity index (χ0) is 9.84. The maximum atomic E-state index is 11.0. The molecular weight excluding hydrogens is 184 g/mol. The third-order valence-electron chi connectivity index (χ3n) is 1.97. The van der Waals surface area contributed by atoms with Crippen LogP contribution in [-0.4, -0.2) is 11.1 Å². The molecule has 0 aromatic carbocycles. The first-order valence-electron chi connectivity index (χ1n) is 4.29. The van der Waals surface area contributed by atoms with Crippen molar-refractivity contribution in [2.75, 3.05) is 5.94 Å². The van der Waals surface area contributed by atoms with Gasteiger partial charge in [-0.3, -0.25) is 4.79 Å². The van der Waals surface area contributed by atoms with E-state index < -0.39 is 0 Å². The molecule has 0 fully saturated rings. The highest BCUT2D eigenvalue weighted by molar-refractivity contribution is 8.13. The van der Waals surface area contributed by atoms with Gasteiger partial charge < -0.3 is 4.74 Å². The maximum Gasteiger partial charge on any atom is 0.219 e. The van der Waals surface area contributed by atoms with E-state index >= 15 is 0 Å². The molecule has 0 aromatic heterocycles. The standard InChI is InChI=1S/C10H14O2S/c1-7(2)8(3)4-9-5-10(11)13-6-12-9/h4-5,7H,6H2,1-3H3. The summed E-state index contributed by atoms with van der Waals surface area (Å²) < 4.78 is 5.30. The Balaban J connectivity index is 2.72. The Labute approximate surface area is 83.0 Å². The van der Waals surface area contributed by atoms with Gasteiger partial charge in [-0.1, -0.05) is 19.4 Å². The topological polar surface area (TPSA) is 26.3 Å². The van der Waals surface area contributed by atoms with Gasteiger partial charge in [-0.05, 0) is 30.7 Å². The van der Waals surface area contributed by atoms with Gasteiger partial charge in [-0.2, -0.15) is 0 Å². The second-order valence-electron chi connectivity index (χ2n) is 3.32. The largest absolute Gasteiger partial charge is 0.482 e. The normalized spacial score (nSPS) is 18.6. The molecule has 0 bridgehead atoms. The first-order chi connectivity index (χ1) is 6.09. The Morgan fingerprint density at radius 1 is 1.69 bits per heavy atom. The Morgan fingerprint density at radius 3 is 2.92 bits per heavy atom. The molecule has 1 aliphatic heterocycles. The van der Waals surface area contributed by atoms with Crippen LogP contribution >= 0.6 is 11.8 Å². The zero-order valence-electron chi connectivity index (χ0n) is 8.16. The lowest BCUT2D eigenvalue weighted by Crippen LogP contribution is -2.03. The summed E-state index contributed by atoms with van der Waals surface area (Å²) in [5.41, 5.74) is 1.23. The van der Waals surface area contributed by atoms with Gasteiger partial charge in [0.1, 0.15) is 11.7 Å². The second-order valence-corrected chi connectivity index (χ2v) is 4.24. The molecule has 72 valence electrons. The quantitative estimate of drug-likeness (QED) is 0.682. The molecule has 3 heteroatoms. The summed E-state index contributed by atoms with van der Waals surface area (Å²) >= 11 is 1.19. The van der Waals surface area contributed by atoms with E-state index in [0.29, 0.717) is 17.6 Å². The predicted molar refractivity (Wildman–Crippen MR) is 55.2 cm³/mol. The third-order valence-corrected chi connectivity index (χ3v) is 2.61. The minimum absolute atomic E-state index is 0.0778. The molecule has 1 aliphatic rings. The van der Waals surface area contributed by atoms with E-state index in [4.69, 9.17) is 4.74 Å². The third kappa shape index (κ3) is 3.27. The minimum Gasteiger partial charge on any atom is -0.482 e. The average molecular weight is 198 g/mol. The lowest BCUT2D eigenvalue weighted by Gasteiger charge is -2.12. The number of allylic oxidation sites excluding steroid dienone is 2. The molecule has 0 amide bonds. The summed E-state index contributed by atoms with van der Waals surface area (Å²) in [4.78, 5) is 11.0. The van der Waals surface area contributed by atoms with Crippen molar-refractivity contribution in [2.45, 2.75) is 20.8 Å². The Kier molecular flexibility index (Phi) is 3.60. The molecule has 0 N–H and O–H groups in total. The molecule has 0 unspecified atom stereocenters. The molecule has 0 saturated heterocycles. The second kappa shape index (κ2) is 4.51. The van der Waals surface area contributed by atoms with Gasteiger partial charge in [0.25, 0.3) is 0 Å². The van der Waals surface area contributed by atoms with Gasteiger partial charge in [0, 0.05) is 6.08 Å². The van der Waals surface area contributed by atoms with Gasteiger partial charge in [-0.15, -0.1) is 0 Å². The number of carbonyl (C=O) groups excluding carboxylic acids is 1. The van der Waals surface area contributed by atoms with Crippen LogP contribution in [0.5, 0.6) is 0 Å². The molecule has 0 spiro atoms. The zero-order valence-corrected chi connectivity index (χ0v) is 8.98. The van der Waals surface area contributed by atoms with Crippen molar-refractivity contribution < 1.29 is 9.53 Å². The predicted octanol–water partition coefficient (Wildman–Crippen LogP) is 2.72. The van der Waals surface area contributed by atoms with Crippen molar-refractivity contribution in [3.63, 3.8) is 0 Å². The molecule has 1 heterocycles. The highest BCUT2D eigenvalue weighted by Crippen LogP contribution is 2.19. The van der Waals surface area contributed by atoms with E-state index in [2.05, 4.69) is 13.8 Å². The van der Waals surface area contributed by atoms with Crippen LogP contribution in [-0.2, 0) is 9.53 Å². The van der Waals surface area contributed by atoms with Crippen LogP contribution in [0.3, 0.4) is 0 Å². The van der Waals surface area contributed by atoms with Gasteiger partial charge >= 0.3 is 0 Å². The van der Waals surface area contributed by atoms with Crippen LogP contribution in [0.1, 0.15) is 20.8 Å². The van der Waals surface area contributed by atoms with Gasteiger partial charge in [0.15, 0.2) is 0 Å². The van der Waals surface area contributed by atoms with E-state index in [1.807, 2.05) is 13.0 Å². The number of rotatable bonds is 2. The molecule has 0 aromatic rings. The van der Waals surface area contributed by atoms with Crippen LogP contribution in [0.2, 0.25) is 0 Å². The highest BCUT2D eigenvalue weighted by atomic mass is 32.2. The van der Waals surface area contributed by atoms with Crippen LogP contribution in [0.4, 0.5) is 0 Å². The number of hydrogen-bond acceptors (Lipinski definition) is 3. The molecule has 0 radical (unpaired) electrons. The van der Waals surface area contributed by atoms with Gasteiger partial charge in [-0.25, -0.2) is 0 Å². The molecule has 0 aliphatic carbocycles. The van der Waals surface area contributed by atoms with E-state index in [9.17, 15) is 4.79 Å². The first-order valence-corrected chi connectivity index (χ1v) is 5.27. The van der Waals surface area contributed by atoms with E-state index in [-0.39, 0.29) is 5.12 Å². The number of carbonyl (C=O) groups is 1. The van der Waals surface area contributed by atoms with Crippen LogP contribution in [0.15, 0.2) is 23.5 Å². The van der Waals surface area contributed by atoms with Crippen LogP contribution in [0, 0.1) is 5.92 Å². The molecule has 13 heavy (non-hydrogen) atoms.